The summed E-state index contributed by atoms with van der Waals surface area (Å²) in [6, 6.07) is 10.2. The van der Waals surface area contributed by atoms with Gasteiger partial charge in [-0.2, -0.15) is 0 Å². The maximum absolute atomic E-state index is 12.8. The van der Waals surface area contributed by atoms with Crippen molar-refractivity contribution in [1.82, 2.24) is 9.47 Å². The van der Waals surface area contributed by atoms with Gasteiger partial charge in [0.25, 0.3) is 0 Å². The number of likely N-dealkylation sites (tertiary alicyclic amines) is 1. The van der Waals surface area contributed by atoms with Crippen molar-refractivity contribution in [3.05, 3.63) is 52.8 Å². The number of hydrogen-bond acceptors (Lipinski definition) is 2. The first-order chi connectivity index (χ1) is 12.1. The van der Waals surface area contributed by atoms with E-state index < -0.39 is 0 Å². The van der Waals surface area contributed by atoms with E-state index in [1.54, 1.807) is 0 Å². The van der Waals surface area contributed by atoms with Gasteiger partial charge in [-0.3, -0.25) is 9.69 Å². The van der Waals surface area contributed by atoms with E-state index in [9.17, 15) is 4.79 Å². The summed E-state index contributed by atoms with van der Waals surface area (Å²) in [4.78, 5) is 15.1. The molecular formula is C22H26N2O. The van der Waals surface area contributed by atoms with E-state index in [2.05, 4.69) is 40.4 Å². The minimum atomic E-state index is 0.231. The van der Waals surface area contributed by atoms with Gasteiger partial charge in [0.1, 0.15) is 0 Å². The van der Waals surface area contributed by atoms with Crippen LogP contribution in [0.15, 0.2) is 30.3 Å². The van der Waals surface area contributed by atoms with Crippen molar-refractivity contribution in [3.8, 4) is 17.5 Å². The third-order valence-electron chi connectivity index (χ3n) is 4.94. The van der Waals surface area contributed by atoms with E-state index in [1.165, 1.54) is 19.3 Å². The largest absolute Gasteiger partial charge is 0.318 e. The zero-order valence-corrected chi connectivity index (χ0v) is 15.4. The number of ketones is 1. The Kier molecular flexibility index (Phi) is 5.40. The summed E-state index contributed by atoms with van der Waals surface area (Å²) in [5.41, 5.74) is 5.05. The number of carbonyl (C=O) groups excluding carboxylic acids is 1. The molecule has 0 radical (unpaired) electrons. The molecule has 0 saturated carbocycles. The number of rotatable bonds is 4. The van der Waals surface area contributed by atoms with E-state index >= 15 is 0 Å². The standard InChI is InChI=1S/C22H26N2O/c1-4-8-19-9-11-20(12-10-19)24-17(2)15-21(18(24)3)22(25)16-23-13-6-5-7-14-23/h9-12,15H,5-7,13-14,16H2,1-3H3. The predicted molar refractivity (Wildman–Crippen MR) is 102 cm³/mol. The molecule has 1 fully saturated rings. The fourth-order valence-corrected chi connectivity index (χ4v) is 3.69. The van der Waals surface area contributed by atoms with Crippen LogP contribution in [0.2, 0.25) is 0 Å². The average molecular weight is 334 g/mol. The summed E-state index contributed by atoms with van der Waals surface area (Å²) in [6.07, 6.45) is 3.70. The van der Waals surface area contributed by atoms with Gasteiger partial charge in [-0.1, -0.05) is 12.3 Å². The lowest BCUT2D eigenvalue weighted by Crippen LogP contribution is -2.34. The molecule has 2 heterocycles. The number of carbonyl (C=O) groups is 1. The van der Waals surface area contributed by atoms with Crippen molar-refractivity contribution in [1.29, 1.82) is 0 Å². The Morgan fingerprint density at radius 1 is 1.08 bits per heavy atom. The number of aromatic nitrogens is 1. The summed E-state index contributed by atoms with van der Waals surface area (Å²) in [5, 5.41) is 0. The minimum absolute atomic E-state index is 0.231. The van der Waals surface area contributed by atoms with E-state index in [4.69, 9.17) is 0 Å². The van der Waals surface area contributed by atoms with Crippen LogP contribution < -0.4 is 0 Å². The summed E-state index contributed by atoms with van der Waals surface area (Å²) in [5.74, 6) is 6.21. The van der Waals surface area contributed by atoms with E-state index in [0.717, 1.165) is 41.3 Å². The van der Waals surface area contributed by atoms with Crippen LogP contribution in [0.3, 0.4) is 0 Å². The van der Waals surface area contributed by atoms with Crippen LogP contribution in [0.4, 0.5) is 0 Å². The van der Waals surface area contributed by atoms with Crippen LogP contribution in [0.5, 0.6) is 0 Å². The third kappa shape index (κ3) is 3.86. The van der Waals surface area contributed by atoms with Gasteiger partial charge in [-0.25, -0.2) is 0 Å². The lowest BCUT2D eigenvalue weighted by Gasteiger charge is -2.25. The Labute approximate surface area is 150 Å². The quantitative estimate of drug-likeness (QED) is 0.620. The van der Waals surface area contributed by atoms with Gasteiger partial charge in [0.2, 0.25) is 0 Å². The van der Waals surface area contributed by atoms with Gasteiger partial charge in [0, 0.05) is 28.2 Å². The Morgan fingerprint density at radius 3 is 2.40 bits per heavy atom. The molecule has 1 saturated heterocycles. The normalized spacial score (nSPS) is 14.8. The molecule has 1 aromatic carbocycles. The molecule has 0 atom stereocenters. The molecule has 130 valence electrons. The van der Waals surface area contributed by atoms with Crippen molar-refractivity contribution in [2.24, 2.45) is 0 Å². The second-order valence-corrected chi connectivity index (χ2v) is 6.80. The number of piperidine rings is 1. The van der Waals surface area contributed by atoms with Crippen LogP contribution in [-0.4, -0.2) is 34.9 Å². The molecule has 25 heavy (non-hydrogen) atoms. The molecule has 3 heteroatoms. The zero-order chi connectivity index (χ0) is 17.8. The number of benzene rings is 1. The third-order valence-corrected chi connectivity index (χ3v) is 4.94. The smallest absolute Gasteiger partial charge is 0.178 e. The fourth-order valence-electron chi connectivity index (χ4n) is 3.69. The molecule has 0 unspecified atom stereocenters. The highest BCUT2D eigenvalue weighted by Crippen LogP contribution is 2.22. The molecule has 3 nitrogen and oxygen atoms in total. The van der Waals surface area contributed by atoms with Crippen molar-refractivity contribution in [3.63, 3.8) is 0 Å². The van der Waals surface area contributed by atoms with Crippen LogP contribution in [0.1, 0.15) is 53.5 Å². The molecule has 0 spiro atoms. The van der Waals surface area contributed by atoms with Gasteiger partial charge in [-0.05, 0) is 77.0 Å². The molecule has 2 aromatic rings. The topological polar surface area (TPSA) is 25.2 Å². The van der Waals surface area contributed by atoms with Gasteiger partial charge in [0.15, 0.2) is 5.78 Å². The lowest BCUT2D eigenvalue weighted by molar-refractivity contribution is 0.0915. The van der Waals surface area contributed by atoms with Crippen LogP contribution >= 0.6 is 0 Å². The first-order valence-electron chi connectivity index (χ1n) is 9.08. The Morgan fingerprint density at radius 2 is 1.76 bits per heavy atom. The van der Waals surface area contributed by atoms with Gasteiger partial charge in [-0.15, -0.1) is 5.92 Å². The first kappa shape index (κ1) is 17.5. The van der Waals surface area contributed by atoms with Crippen LogP contribution in [0, 0.1) is 25.7 Å². The number of hydrogen-bond donors (Lipinski definition) is 0. The Bertz CT molecular complexity index is 812. The van der Waals surface area contributed by atoms with E-state index in [0.29, 0.717) is 6.54 Å². The molecule has 1 aliphatic heterocycles. The molecule has 1 aliphatic rings. The predicted octanol–water partition coefficient (Wildman–Crippen LogP) is 4.13. The summed E-state index contributed by atoms with van der Waals surface area (Å²) in [6.45, 7) is 8.57. The Hall–Kier alpha value is -2.31. The zero-order valence-electron chi connectivity index (χ0n) is 15.4. The van der Waals surface area contributed by atoms with Crippen molar-refractivity contribution < 1.29 is 4.79 Å². The maximum atomic E-state index is 12.8. The Balaban J connectivity index is 1.84. The minimum Gasteiger partial charge on any atom is -0.318 e. The summed E-state index contributed by atoms with van der Waals surface area (Å²) < 4.78 is 2.16. The second-order valence-electron chi connectivity index (χ2n) is 6.80. The number of nitrogens with zero attached hydrogens (tertiary/aromatic N) is 2. The van der Waals surface area contributed by atoms with Crippen molar-refractivity contribution in [2.45, 2.75) is 40.0 Å². The van der Waals surface area contributed by atoms with Crippen LogP contribution in [0.25, 0.3) is 5.69 Å². The van der Waals surface area contributed by atoms with Gasteiger partial charge in [0.05, 0.1) is 6.54 Å². The highest BCUT2D eigenvalue weighted by atomic mass is 16.1. The SMILES string of the molecule is CC#Cc1ccc(-n2c(C)cc(C(=O)CN3CCCCC3)c2C)cc1. The van der Waals surface area contributed by atoms with Crippen LogP contribution in [-0.2, 0) is 0 Å². The van der Waals surface area contributed by atoms with Crippen molar-refractivity contribution in [2.75, 3.05) is 19.6 Å². The van der Waals surface area contributed by atoms with E-state index in [-0.39, 0.29) is 5.78 Å². The molecule has 0 bridgehead atoms. The number of aryl methyl sites for hydroxylation is 1. The highest BCUT2D eigenvalue weighted by molar-refractivity contribution is 5.99. The van der Waals surface area contributed by atoms with Crippen molar-refractivity contribution >= 4 is 5.78 Å². The monoisotopic (exact) mass is 334 g/mol. The fraction of sp³-hybridized carbons (Fsp3) is 0.409. The molecule has 3 rings (SSSR count). The molecule has 0 N–H and O–H groups in total. The number of Topliss-reactive ketones (excluding diaryl/α,β-unsaturated/α-hetero) is 1. The molecule has 1 aromatic heterocycles. The van der Waals surface area contributed by atoms with Gasteiger partial charge < -0.3 is 4.57 Å². The summed E-state index contributed by atoms with van der Waals surface area (Å²) in [7, 11) is 0. The molecule has 0 amide bonds. The average Bonchev–Trinajstić information content (AvgIpc) is 2.92. The first-order valence-corrected chi connectivity index (χ1v) is 9.08. The molecule has 0 aliphatic carbocycles. The summed E-state index contributed by atoms with van der Waals surface area (Å²) >= 11 is 0. The second kappa shape index (κ2) is 7.72. The highest BCUT2D eigenvalue weighted by Gasteiger charge is 2.20. The lowest BCUT2D eigenvalue weighted by atomic mass is 10.1. The maximum Gasteiger partial charge on any atom is 0.178 e. The van der Waals surface area contributed by atoms with E-state index in [1.807, 2.05) is 32.0 Å². The molecular weight excluding hydrogens is 308 g/mol. The van der Waals surface area contributed by atoms with Gasteiger partial charge >= 0.3 is 0 Å².